The van der Waals surface area contributed by atoms with E-state index in [4.69, 9.17) is 28.2 Å². The van der Waals surface area contributed by atoms with Gasteiger partial charge in [0.2, 0.25) is 11.8 Å². The Labute approximate surface area is 161 Å². The van der Waals surface area contributed by atoms with Crippen molar-refractivity contribution in [3.63, 3.8) is 0 Å². The molecule has 2 aromatic carbocycles. The molecule has 0 saturated carbocycles. The molecule has 0 aliphatic rings. The van der Waals surface area contributed by atoms with Gasteiger partial charge in [-0.3, -0.25) is 4.79 Å². The second kappa shape index (κ2) is 7.43. The molecule has 0 bridgehead atoms. The number of thiocarbonyl (C=S) groups is 1. The SMILES string of the molecule is CC(=O)NC(=S)Nc1cc(-c2nc3cc(C(C)C)ccc3o2)ccc1Cl. The number of amides is 1. The zero-order chi connectivity index (χ0) is 18.8. The molecule has 0 aliphatic heterocycles. The van der Waals surface area contributed by atoms with Crippen molar-refractivity contribution in [1.29, 1.82) is 0 Å². The summed E-state index contributed by atoms with van der Waals surface area (Å²) in [6, 6.07) is 11.3. The van der Waals surface area contributed by atoms with Gasteiger partial charge in [-0.1, -0.05) is 31.5 Å². The summed E-state index contributed by atoms with van der Waals surface area (Å²) in [4.78, 5) is 15.7. The molecule has 7 heteroatoms. The van der Waals surface area contributed by atoms with Crippen molar-refractivity contribution < 1.29 is 9.21 Å². The van der Waals surface area contributed by atoms with Gasteiger partial charge < -0.3 is 15.1 Å². The molecule has 1 heterocycles. The summed E-state index contributed by atoms with van der Waals surface area (Å²) in [6.45, 7) is 5.66. The predicted molar refractivity (Wildman–Crippen MR) is 109 cm³/mol. The van der Waals surface area contributed by atoms with E-state index in [1.165, 1.54) is 12.5 Å². The van der Waals surface area contributed by atoms with Gasteiger partial charge in [0.1, 0.15) is 5.52 Å². The highest BCUT2D eigenvalue weighted by Gasteiger charge is 2.12. The van der Waals surface area contributed by atoms with Crippen LogP contribution < -0.4 is 10.6 Å². The van der Waals surface area contributed by atoms with E-state index < -0.39 is 0 Å². The van der Waals surface area contributed by atoms with Gasteiger partial charge >= 0.3 is 0 Å². The van der Waals surface area contributed by atoms with E-state index in [1.54, 1.807) is 12.1 Å². The highest BCUT2D eigenvalue weighted by molar-refractivity contribution is 7.80. The van der Waals surface area contributed by atoms with E-state index >= 15 is 0 Å². The Balaban J connectivity index is 1.94. The molecule has 0 atom stereocenters. The number of anilines is 1. The maximum absolute atomic E-state index is 11.1. The quantitative estimate of drug-likeness (QED) is 0.611. The van der Waals surface area contributed by atoms with E-state index in [0.29, 0.717) is 22.5 Å². The van der Waals surface area contributed by atoms with Gasteiger partial charge in [-0.2, -0.15) is 0 Å². The smallest absolute Gasteiger partial charge is 0.227 e. The molecular weight excluding hydrogens is 370 g/mol. The molecule has 0 unspecified atom stereocenters. The van der Waals surface area contributed by atoms with Crippen LogP contribution in [-0.2, 0) is 4.79 Å². The molecule has 0 fully saturated rings. The number of fused-ring (bicyclic) bond motifs is 1. The molecule has 5 nitrogen and oxygen atoms in total. The first kappa shape index (κ1) is 18.4. The van der Waals surface area contributed by atoms with Gasteiger partial charge in [-0.25, -0.2) is 4.98 Å². The van der Waals surface area contributed by atoms with E-state index in [-0.39, 0.29) is 11.0 Å². The number of halogens is 1. The normalized spacial score (nSPS) is 11.0. The van der Waals surface area contributed by atoms with Crippen LogP contribution in [0.15, 0.2) is 40.8 Å². The summed E-state index contributed by atoms with van der Waals surface area (Å²) >= 11 is 11.3. The molecule has 134 valence electrons. The Kier molecular flexibility index (Phi) is 5.25. The first-order valence-corrected chi connectivity index (χ1v) is 8.91. The Bertz CT molecular complexity index is 998. The van der Waals surface area contributed by atoms with Crippen LogP contribution in [0, 0.1) is 0 Å². The van der Waals surface area contributed by atoms with Gasteiger partial charge in [-0.15, -0.1) is 0 Å². The standard InChI is InChI=1S/C19H18ClN3O2S/c1-10(2)12-5-7-17-16(8-12)22-18(25-17)13-4-6-14(20)15(9-13)23-19(26)21-11(3)24/h4-10H,1-3H3,(H2,21,23,24,26). The molecule has 0 aliphatic carbocycles. The summed E-state index contributed by atoms with van der Waals surface area (Å²) in [5.41, 5.74) is 4.06. The third-order valence-electron chi connectivity index (χ3n) is 3.83. The number of oxazole rings is 1. The van der Waals surface area contributed by atoms with Gasteiger partial charge in [0.05, 0.1) is 10.7 Å². The fourth-order valence-electron chi connectivity index (χ4n) is 2.49. The number of hydrogen-bond acceptors (Lipinski definition) is 4. The van der Waals surface area contributed by atoms with Crippen molar-refractivity contribution in [3.05, 3.63) is 47.0 Å². The van der Waals surface area contributed by atoms with Gasteiger partial charge in [0.15, 0.2) is 10.7 Å². The van der Waals surface area contributed by atoms with Crippen LogP contribution in [0.1, 0.15) is 32.3 Å². The highest BCUT2D eigenvalue weighted by atomic mass is 35.5. The monoisotopic (exact) mass is 387 g/mol. The molecule has 0 radical (unpaired) electrons. The fraction of sp³-hybridized carbons (Fsp3) is 0.211. The molecule has 2 N–H and O–H groups in total. The van der Waals surface area contributed by atoms with Crippen molar-refractivity contribution in [3.8, 4) is 11.5 Å². The number of rotatable bonds is 3. The Morgan fingerprint density at radius 2 is 2.00 bits per heavy atom. The number of nitrogens with one attached hydrogen (secondary N) is 2. The number of nitrogens with zero attached hydrogens (tertiary/aromatic N) is 1. The van der Waals surface area contributed by atoms with Crippen LogP contribution in [0.2, 0.25) is 5.02 Å². The van der Waals surface area contributed by atoms with Crippen LogP contribution in [0.3, 0.4) is 0 Å². The lowest BCUT2D eigenvalue weighted by Crippen LogP contribution is -2.32. The molecular formula is C19H18ClN3O2S. The molecule has 1 amide bonds. The van der Waals surface area contributed by atoms with Crippen molar-refractivity contribution in [2.24, 2.45) is 0 Å². The van der Waals surface area contributed by atoms with E-state index in [9.17, 15) is 4.79 Å². The van der Waals surface area contributed by atoms with Crippen LogP contribution in [0.4, 0.5) is 5.69 Å². The Morgan fingerprint density at radius 1 is 1.23 bits per heavy atom. The minimum Gasteiger partial charge on any atom is -0.436 e. The first-order chi connectivity index (χ1) is 12.3. The lowest BCUT2D eigenvalue weighted by atomic mass is 10.0. The number of hydrogen-bond donors (Lipinski definition) is 2. The fourth-order valence-corrected chi connectivity index (χ4v) is 2.91. The predicted octanol–water partition coefficient (Wildman–Crippen LogP) is 5.10. The van der Waals surface area contributed by atoms with Crippen LogP contribution >= 0.6 is 23.8 Å². The third kappa shape index (κ3) is 4.03. The summed E-state index contributed by atoms with van der Waals surface area (Å²) in [5.74, 6) is 0.654. The molecule has 0 saturated heterocycles. The summed E-state index contributed by atoms with van der Waals surface area (Å²) < 4.78 is 5.87. The highest BCUT2D eigenvalue weighted by Crippen LogP contribution is 2.31. The van der Waals surface area contributed by atoms with Crippen molar-refractivity contribution in [2.75, 3.05) is 5.32 Å². The molecule has 0 spiro atoms. The lowest BCUT2D eigenvalue weighted by Gasteiger charge is -2.10. The van der Waals surface area contributed by atoms with Crippen LogP contribution in [-0.4, -0.2) is 16.0 Å². The number of aromatic nitrogens is 1. The van der Waals surface area contributed by atoms with E-state index in [1.807, 2.05) is 24.3 Å². The molecule has 1 aromatic heterocycles. The molecule has 3 rings (SSSR count). The van der Waals surface area contributed by atoms with Crippen LogP contribution in [0.25, 0.3) is 22.6 Å². The third-order valence-corrected chi connectivity index (χ3v) is 4.36. The number of carbonyl (C=O) groups excluding carboxylic acids is 1. The topological polar surface area (TPSA) is 67.2 Å². The maximum atomic E-state index is 11.1. The first-order valence-electron chi connectivity index (χ1n) is 8.12. The van der Waals surface area contributed by atoms with Gasteiger partial charge in [0.25, 0.3) is 0 Å². The number of benzene rings is 2. The average molecular weight is 388 g/mol. The average Bonchev–Trinajstić information content (AvgIpc) is 2.99. The van der Waals surface area contributed by atoms with Crippen molar-refractivity contribution in [1.82, 2.24) is 10.3 Å². The second-order valence-corrected chi connectivity index (χ2v) is 7.05. The maximum Gasteiger partial charge on any atom is 0.227 e. The van der Waals surface area contributed by atoms with Crippen LogP contribution in [0.5, 0.6) is 0 Å². The largest absolute Gasteiger partial charge is 0.436 e. The zero-order valence-electron chi connectivity index (χ0n) is 14.6. The van der Waals surface area contributed by atoms with Gasteiger partial charge in [-0.05, 0) is 54.0 Å². The lowest BCUT2D eigenvalue weighted by molar-refractivity contribution is -0.117. The Morgan fingerprint density at radius 3 is 2.69 bits per heavy atom. The minimum absolute atomic E-state index is 0.177. The van der Waals surface area contributed by atoms with Gasteiger partial charge in [0, 0.05) is 12.5 Å². The second-order valence-electron chi connectivity index (χ2n) is 6.23. The van der Waals surface area contributed by atoms with E-state index in [0.717, 1.165) is 16.7 Å². The molecule has 3 aromatic rings. The zero-order valence-corrected chi connectivity index (χ0v) is 16.2. The van der Waals surface area contributed by atoms with E-state index in [2.05, 4.69) is 29.5 Å². The summed E-state index contributed by atoms with van der Waals surface area (Å²) in [6.07, 6.45) is 0. The summed E-state index contributed by atoms with van der Waals surface area (Å²) in [5, 5.41) is 6.06. The van der Waals surface area contributed by atoms with Crippen molar-refractivity contribution >= 4 is 51.6 Å². The molecule has 26 heavy (non-hydrogen) atoms. The van der Waals surface area contributed by atoms with Crippen molar-refractivity contribution in [2.45, 2.75) is 26.7 Å². The Hall–Kier alpha value is -2.44. The minimum atomic E-state index is -0.255. The number of carbonyl (C=O) groups is 1. The summed E-state index contributed by atoms with van der Waals surface area (Å²) in [7, 11) is 0.